The van der Waals surface area contributed by atoms with E-state index in [0.717, 1.165) is 11.1 Å². The van der Waals surface area contributed by atoms with Gasteiger partial charge in [0.15, 0.2) is 0 Å². The molecule has 1 amide bonds. The van der Waals surface area contributed by atoms with Crippen LogP contribution >= 0.6 is 11.6 Å². The van der Waals surface area contributed by atoms with Gasteiger partial charge in [0.25, 0.3) is 0 Å². The van der Waals surface area contributed by atoms with E-state index >= 15 is 0 Å². The lowest BCUT2D eigenvalue weighted by Crippen LogP contribution is -2.42. The molecule has 7 nitrogen and oxygen atoms in total. The van der Waals surface area contributed by atoms with Gasteiger partial charge in [-0.3, -0.25) is 4.79 Å². The summed E-state index contributed by atoms with van der Waals surface area (Å²) in [6.07, 6.45) is 0.450. The topological polar surface area (TPSA) is 84.9 Å². The predicted molar refractivity (Wildman–Crippen MR) is 136 cm³/mol. The fourth-order valence-electron chi connectivity index (χ4n) is 3.56. The second kappa shape index (κ2) is 12.1. The first-order valence-corrected chi connectivity index (χ1v) is 12.9. The number of benzene rings is 3. The van der Waals surface area contributed by atoms with Gasteiger partial charge in [-0.1, -0.05) is 54.1 Å². The highest BCUT2D eigenvalue weighted by Crippen LogP contribution is 2.28. The van der Waals surface area contributed by atoms with Crippen molar-refractivity contribution >= 4 is 27.5 Å². The smallest absolute Gasteiger partial charge is 0.243 e. The van der Waals surface area contributed by atoms with Gasteiger partial charge < -0.3 is 14.8 Å². The summed E-state index contributed by atoms with van der Waals surface area (Å²) in [5.74, 6) is 0.667. The van der Waals surface area contributed by atoms with E-state index in [1.54, 1.807) is 7.11 Å². The van der Waals surface area contributed by atoms with Crippen molar-refractivity contribution in [3.63, 3.8) is 0 Å². The Bertz CT molecular complexity index is 1230. The number of sulfonamides is 1. The minimum Gasteiger partial charge on any atom is -0.497 e. The van der Waals surface area contributed by atoms with Crippen LogP contribution in [0.3, 0.4) is 0 Å². The molecule has 0 radical (unpaired) electrons. The highest BCUT2D eigenvalue weighted by molar-refractivity contribution is 7.89. The zero-order valence-electron chi connectivity index (χ0n) is 19.9. The fourth-order valence-corrected chi connectivity index (χ4v) is 5.31. The molecule has 0 aliphatic rings. The third kappa shape index (κ3) is 6.97. The molecule has 0 saturated carbocycles. The maximum Gasteiger partial charge on any atom is 0.243 e. The van der Waals surface area contributed by atoms with Crippen molar-refractivity contribution in [2.24, 2.45) is 0 Å². The number of carbonyl (C=O) groups excluding carboxylic acids is 1. The number of rotatable bonds is 11. The first-order valence-electron chi connectivity index (χ1n) is 11.1. The van der Waals surface area contributed by atoms with Crippen molar-refractivity contribution in [1.82, 2.24) is 9.62 Å². The average molecular weight is 517 g/mol. The first kappa shape index (κ1) is 26.5. The molecule has 3 aromatic carbocycles. The van der Waals surface area contributed by atoms with Gasteiger partial charge in [0, 0.05) is 6.54 Å². The van der Waals surface area contributed by atoms with Gasteiger partial charge in [0.05, 0.1) is 36.7 Å². The summed E-state index contributed by atoms with van der Waals surface area (Å²) < 4.78 is 38.5. The van der Waals surface area contributed by atoms with E-state index in [-0.39, 0.29) is 29.0 Å². The predicted octanol–water partition coefficient (Wildman–Crippen LogP) is 4.47. The van der Waals surface area contributed by atoms with Gasteiger partial charge in [-0.05, 0) is 54.8 Å². The highest BCUT2D eigenvalue weighted by atomic mass is 35.5. The molecule has 9 heteroatoms. The molecule has 0 aliphatic heterocycles. The Kier molecular flexibility index (Phi) is 9.14. The van der Waals surface area contributed by atoms with Crippen molar-refractivity contribution in [2.75, 3.05) is 27.3 Å². The molecule has 3 aromatic rings. The molecule has 186 valence electrons. The van der Waals surface area contributed by atoms with Crippen LogP contribution in [0.25, 0.3) is 0 Å². The van der Waals surface area contributed by atoms with E-state index in [9.17, 15) is 13.2 Å². The summed E-state index contributed by atoms with van der Waals surface area (Å²) in [6.45, 7) is 1.63. The second-order valence-electron chi connectivity index (χ2n) is 7.93. The molecular formula is C26H29ClN2O5S. The molecule has 1 N–H and O–H groups in total. The van der Waals surface area contributed by atoms with Crippen molar-refractivity contribution < 1.29 is 22.7 Å². The van der Waals surface area contributed by atoms with E-state index in [1.807, 2.05) is 61.5 Å². The van der Waals surface area contributed by atoms with Crippen LogP contribution in [-0.2, 0) is 21.2 Å². The monoisotopic (exact) mass is 516 g/mol. The lowest BCUT2D eigenvalue weighted by Gasteiger charge is -2.23. The maximum atomic E-state index is 13.5. The van der Waals surface area contributed by atoms with Crippen molar-refractivity contribution in [3.8, 4) is 11.5 Å². The summed E-state index contributed by atoms with van der Waals surface area (Å²) in [6, 6.07) is 20.8. The molecule has 0 bridgehead atoms. The molecule has 0 saturated heterocycles. The van der Waals surface area contributed by atoms with Crippen LogP contribution < -0.4 is 14.8 Å². The fraction of sp³-hybridized carbons (Fsp3) is 0.269. The van der Waals surface area contributed by atoms with Crippen LogP contribution in [0.15, 0.2) is 77.7 Å². The summed E-state index contributed by atoms with van der Waals surface area (Å²) in [5, 5.41) is 3.06. The number of halogens is 1. The van der Waals surface area contributed by atoms with Crippen LogP contribution in [0.4, 0.5) is 0 Å². The third-order valence-electron chi connectivity index (χ3n) is 5.57. The van der Waals surface area contributed by atoms with Gasteiger partial charge in [-0.25, -0.2) is 8.42 Å². The summed E-state index contributed by atoms with van der Waals surface area (Å²) in [5.41, 5.74) is 1.84. The molecule has 35 heavy (non-hydrogen) atoms. The Morgan fingerprint density at radius 1 is 1.00 bits per heavy atom. The standard InChI is InChI=1S/C26H29ClN2O5S/c1-19(21-9-11-22(33-2)12-10-21)28-26(30)18-29(16-15-20-7-5-4-6-8-20)35(31,32)23-13-14-25(34-3)24(27)17-23/h4-14,17,19H,15-16,18H2,1-3H3,(H,28,30). The lowest BCUT2D eigenvalue weighted by molar-refractivity contribution is -0.121. The Morgan fingerprint density at radius 3 is 2.29 bits per heavy atom. The molecule has 0 fully saturated rings. The molecule has 3 rings (SSSR count). The van der Waals surface area contributed by atoms with Crippen LogP contribution in [0.2, 0.25) is 5.02 Å². The number of carbonyl (C=O) groups is 1. The first-order chi connectivity index (χ1) is 16.7. The van der Waals surface area contributed by atoms with E-state index in [1.165, 1.54) is 29.6 Å². The van der Waals surface area contributed by atoms with Crippen LogP contribution in [0.5, 0.6) is 11.5 Å². The zero-order chi connectivity index (χ0) is 25.4. The van der Waals surface area contributed by atoms with Crippen molar-refractivity contribution in [2.45, 2.75) is 24.3 Å². The number of amides is 1. The average Bonchev–Trinajstić information content (AvgIpc) is 2.86. The molecule has 0 spiro atoms. The van der Waals surface area contributed by atoms with Crippen molar-refractivity contribution in [3.05, 3.63) is 88.9 Å². The Labute approximate surface area is 211 Å². The largest absolute Gasteiger partial charge is 0.497 e. The summed E-state index contributed by atoms with van der Waals surface area (Å²) in [7, 11) is -0.969. The lowest BCUT2D eigenvalue weighted by atomic mass is 10.1. The number of hydrogen-bond acceptors (Lipinski definition) is 5. The number of methoxy groups -OCH3 is 2. The molecule has 1 atom stereocenters. The van der Waals surface area contributed by atoms with Gasteiger partial charge in [-0.2, -0.15) is 4.31 Å². The Hall–Kier alpha value is -3.07. The molecule has 0 heterocycles. The number of nitrogens with one attached hydrogen (secondary N) is 1. The minimum absolute atomic E-state index is 0.00707. The number of hydrogen-bond donors (Lipinski definition) is 1. The van der Waals surface area contributed by atoms with Crippen LogP contribution in [0.1, 0.15) is 24.1 Å². The van der Waals surface area contributed by atoms with E-state index < -0.39 is 15.9 Å². The maximum absolute atomic E-state index is 13.5. The quantitative estimate of drug-likeness (QED) is 0.406. The highest BCUT2D eigenvalue weighted by Gasteiger charge is 2.28. The van der Waals surface area contributed by atoms with Crippen molar-refractivity contribution in [1.29, 1.82) is 0 Å². The normalized spacial score (nSPS) is 12.3. The molecule has 1 unspecified atom stereocenters. The molecule has 0 aliphatic carbocycles. The third-order valence-corrected chi connectivity index (χ3v) is 7.70. The minimum atomic E-state index is -4.01. The van der Waals surface area contributed by atoms with Gasteiger partial charge in [-0.15, -0.1) is 0 Å². The summed E-state index contributed by atoms with van der Waals surface area (Å²) in [4.78, 5) is 12.9. The van der Waals surface area contributed by atoms with Crippen LogP contribution in [0, 0.1) is 0 Å². The molecular weight excluding hydrogens is 488 g/mol. The van der Waals surface area contributed by atoms with Crippen LogP contribution in [-0.4, -0.2) is 45.9 Å². The van der Waals surface area contributed by atoms with Gasteiger partial charge in [0.2, 0.25) is 15.9 Å². The molecule has 0 aromatic heterocycles. The van der Waals surface area contributed by atoms with E-state index in [4.69, 9.17) is 21.1 Å². The SMILES string of the molecule is COc1ccc(C(C)NC(=O)CN(CCc2ccccc2)S(=O)(=O)c2ccc(OC)c(Cl)c2)cc1. The number of ether oxygens (including phenoxy) is 2. The summed E-state index contributed by atoms with van der Waals surface area (Å²) >= 11 is 6.18. The van der Waals surface area contributed by atoms with E-state index in [0.29, 0.717) is 17.9 Å². The Balaban J connectivity index is 1.80. The van der Waals surface area contributed by atoms with Gasteiger partial charge >= 0.3 is 0 Å². The Morgan fingerprint density at radius 2 is 1.69 bits per heavy atom. The zero-order valence-corrected chi connectivity index (χ0v) is 21.5. The number of nitrogens with zero attached hydrogens (tertiary/aromatic N) is 1. The van der Waals surface area contributed by atoms with Gasteiger partial charge in [0.1, 0.15) is 11.5 Å². The van der Waals surface area contributed by atoms with E-state index in [2.05, 4.69) is 5.32 Å². The second-order valence-corrected chi connectivity index (χ2v) is 10.3.